The summed E-state index contributed by atoms with van der Waals surface area (Å²) in [6, 6.07) is 0. The normalized spacial score (nSPS) is 46.0. The molecule has 0 bridgehead atoms. The number of aliphatic hydroxyl groups excluding tert-OH is 1. The second-order valence-corrected chi connectivity index (χ2v) is 12.6. The van der Waals surface area contributed by atoms with Crippen molar-refractivity contribution >= 4 is 5.97 Å². The van der Waals surface area contributed by atoms with Crippen LogP contribution in [0.2, 0.25) is 0 Å². The van der Waals surface area contributed by atoms with Crippen molar-refractivity contribution in [1.29, 1.82) is 0 Å². The molecule has 170 valence electrons. The number of hydrogen-bond donors (Lipinski definition) is 2. The molecule has 2 saturated carbocycles. The van der Waals surface area contributed by atoms with Crippen LogP contribution in [0.1, 0.15) is 106 Å². The molecule has 0 aromatic heterocycles. The Labute approximate surface area is 183 Å². The van der Waals surface area contributed by atoms with Crippen LogP contribution in [0, 0.1) is 39.4 Å². The molecule has 4 aliphatic rings. The van der Waals surface area contributed by atoms with Gasteiger partial charge in [-0.2, -0.15) is 0 Å². The van der Waals surface area contributed by atoms with Crippen molar-refractivity contribution in [2.45, 2.75) is 112 Å². The molecule has 0 aromatic rings. The fraction of sp³-hybridized carbons (Fsp3) is 0.889. The molecule has 0 aliphatic heterocycles. The van der Waals surface area contributed by atoms with Crippen LogP contribution in [0.15, 0.2) is 11.1 Å². The molecule has 0 unspecified atom stereocenters. The minimum atomic E-state index is -0.658. The summed E-state index contributed by atoms with van der Waals surface area (Å²) in [5.41, 5.74) is 4.32. The highest BCUT2D eigenvalue weighted by molar-refractivity contribution is 5.66. The van der Waals surface area contributed by atoms with E-state index in [2.05, 4.69) is 41.5 Å². The van der Waals surface area contributed by atoms with Gasteiger partial charge in [0.1, 0.15) is 0 Å². The van der Waals surface area contributed by atoms with Gasteiger partial charge in [-0.15, -0.1) is 0 Å². The maximum atomic E-state index is 11.2. The Hall–Kier alpha value is -0.830. The van der Waals surface area contributed by atoms with Gasteiger partial charge in [-0.1, -0.05) is 52.7 Å². The zero-order valence-corrected chi connectivity index (χ0v) is 20.2. The topological polar surface area (TPSA) is 57.5 Å². The second kappa shape index (κ2) is 7.09. The van der Waals surface area contributed by atoms with Crippen molar-refractivity contribution in [3.05, 3.63) is 11.1 Å². The molecule has 2 N–H and O–H groups in total. The molecular weight excluding hydrogens is 372 g/mol. The number of aliphatic hydroxyl groups is 1. The number of allylic oxidation sites excluding steroid dienone is 2. The lowest BCUT2D eigenvalue weighted by Crippen LogP contribution is -2.55. The average Bonchev–Trinajstić information content (AvgIpc) is 2.95. The first-order chi connectivity index (χ1) is 13.9. The molecular formula is C27H44O3. The third-order valence-electron chi connectivity index (χ3n) is 11.3. The number of carbonyl (C=O) groups is 1. The van der Waals surface area contributed by atoms with Crippen LogP contribution in [-0.4, -0.2) is 22.3 Å². The minimum Gasteiger partial charge on any atom is -0.481 e. The van der Waals surface area contributed by atoms with Gasteiger partial charge < -0.3 is 10.2 Å². The molecule has 0 radical (unpaired) electrons. The van der Waals surface area contributed by atoms with Crippen molar-refractivity contribution < 1.29 is 15.0 Å². The van der Waals surface area contributed by atoms with Crippen molar-refractivity contribution in [2.75, 3.05) is 0 Å². The Morgan fingerprint density at radius 1 is 1.00 bits per heavy atom. The van der Waals surface area contributed by atoms with Gasteiger partial charge in [0.2, 0.25) is 0 Å². The van der Waals surface area contributed by atoms with Crippen molar-refractivity contribution in [1.82, 2.24) is 0 Å². The van der Waals surface area contributed by atoms with Crippen LogP contribution in [0.3, 0.4) is 0 Å². The first kappa shape index (κ1) is 22.4. The van der Waals surface area contributed by atoms with E-state index in [9.17, 15) is 15.0 Å². The molecule has 0 aromatic carbocycles. The number of aliphatic carboxylic acids is 1. The zero-order chi connectivity index (χ0) is 22.1. The summed E-state index contributed by atoms with van der Waals surface area (Å²) < 4.78 is 0. The van der Waals surface area contributed by atoms with Gasteiger partial charge in [-0.3, -0.25) is 4.79 Å². The van der Waals surface area contributed by atoms with Crippen LogP contribution in [0.25, 0.3) is 0 Å². The van der Waals surface area contributed by atoms with Crippen LogP contribution >= 0.6 is 0 Å². The van der Waals surface area contributed by atoms with Crippen molar-refractivity contribution in [2.24, 2.45) is 39.4 Å². The summed E-state index contributed by atoms with van der Waals surface area (Å²) in [4.78, 5) is 11.2. The summed E-state index contributed by atoms with van der Waals surface area (Å²) in [5.74, 6) is 1.03. The van der Waals surface area contributed by atoms with Crippen LogP contribution in [-0.2, 0) is 4.79 Å². The van der Waals surface area contributed by atoms with Crippen LogP contribution in [0.4, 0.5) is 0 Å². The van der Waals surface area contributed by atoms with Gasteiger partial charge in [0.05, 0.1) is 6.10 Å². The van der Waals surface area contributed by atoms with E-state index >= 15 is 0 Å². The predicted molar refractivity (Wildman–Crippen MR) is 121 cm³/mol. The van der Waals surface area contributed by atoms with E-state index in [1.807, 2.05) is 0 Å². The SMILES string of the molecule is C[C@@H](CCC(=O)O)[C@H]1CC[C@@]2(C)C3=C(CC[C@]12C)[C@@]1(C)CC[C@H](O)C(C)(C)[C@@H]1CC3. The van der Waals surface area contributed by atoms with E-state index in [1.54, 1.807) is 11.1 Å². The third kappa shape index (κ3) is 2.90. The van der Waals surface area contributed by atoms with E-state index < -0.39 is 5.97 Å². The molecule has 0 spiro atoms. The number of hydrogen-bond acceptors (Lipinski definition) is 2. The summed E-state index contributed by atoms with van der Waals surface area (Å²) in [6.45, 7) is 14.5. The van der Waals surface area contributed by atoms with Gasteiger partial charge in [0.25, 0.3) is 0 Å². The monoisotopic (exact) mass is 416 g/mol. The van der Waals surface area contributed by atoms with E-state index in [-0.39, 0.29) is 27.8 Å². The molecule has 3 heteroatoms. The molecule has 4 aliphatic carbocycles. The summed E-state index contributed by atoms with van der Waals surface area (Å²) in [7, 11) is 0. The Balaban J connectivity index is 1.68. The largest absolute Gasteiger partial charge is 0.481 e. The smallest absolute Gasteiger partial charge is 0.303 e. The molecule has 7 atom stereocenters. The van der Waals surface area contributed by atoms with Gasteiger partial charge >= 0.3 is 5.97 Å². The minimum absolute atomic E-state index is 0.00323. The lowest BCUT2D eigenvalue weighted by atomic mass is 9.43. The fourth-order valence-electron chi connectivity index (χ4n) is 9.18. The molecule has 0 heterocycles. The number of carboxylic acid groups (broad SMARTS) is 1. The molecule has 4 rings (SSSR count). The highest BCUT2D eigenvalue weighted by Crippen LogP contribution is 2.72. The Bertz CT molecular complexity index is 751. The predicted octanol–water partition coefficient (Wildman–Crippen LogP) is 6.60. The van der Waals surface area contributed by atoms with Gasteiger partial charge in [-0.25, -0.2) is 0 Å². The lowest BCUT2D eigenvalue weighted by Gasteiger charge is -2.62. The fourth-order valence-corrected chi connectivity index (χ4v) is 9.18. The van der Waals surface area contributed by atoms with E-state index in [0.29, 0.717) is 24.2 Å². The van der Waals surface area contributed by atoms with Gasteiger partial charge in [-0.05, 0) is 97.2 Å². The van der Waals surface area contributed by atoms with Crippen molar-refractivity contribution in [3.63, 3.8) is 0 Å². The Morgan fingerprint density at radius 3 is 2.37 bits per heavy atom. The van der Waals surface area contributed by atoms with E-state index in [1.165, 1.54) is 38.5 Å². The first-order valence-corrected chi connectivity index (χ1v) is 12.5. The Kier molecular flexibility index (Phi) is 5.28. The number of rotatable bonds is 4. The molecule has 0 saturated heterocycles. The zero-order valence-electron chi connectivity index (χ0n) is 20.2. The second-order valence-electron chi connectivity index (χ2n) is 12.6. The third-order valence-corrected chi connectivity index (χ3v) is 11.3. The Morgan fingerprint density at radius 2 is 1.70 bits per heavy atom. The van der Waals surface area contributed by atoms with Gasteiger partial charge in [0, 0.05) is 6.42 Å². The van der Waals surface area contributed by atoms with Gasteiger partial charge in [0.15, 0.2) is 0 Å². The molecule has 3 nitrogen and oxygen atoms in total. The maximum absolute atomic E-state index is 11.2. The number of carboxylic acids is 1. The molecule has 0 amide bonds. The first-order valence-electron chi connectivity index (χ1n) is 12.5. The standard InChI is InChI=1S/C27H44O3/c1-17(7-10-23(29)30)18-11-15-27(6)20-8-9-21-24(2,3)22(28)13-14-25(21,4)19(20)12-16-26(18,27)5/h17-18,21-22,28H,7-16H2,1-6H3,(H,29,30)/t17-,18+,21-,22-,25+,26+,27-/m0/s1. The summed E-state index contributed by atoms with van der Waals surface area (Å²) >= 11 is 0. The molecule has 2 fully saturated rings. The van der Waals surface area contributed by atoms with Crippen LogP contribution < -0.4 is 0 Å². The van der Waals surface area contributed by atoms with E-state index in [0.717, 1.165) is 19.3 Å². The van der Waals surface area contributed by atoms with E-state index in [4.69, 9.17) is 0 Å². The highest BCUT2D eigenvalue weighted by Gasteiger charge is 2.63. The molecule has 30 heavy (non-hydrogen) atoms. The van der Waals surface area contributed by atoms with Crippen molar-refractivity contribution in [3.8, 4) is 0 Å². The maximum Gasteiger partial charge on any atom is 0.303 e. The number of fused-ring (bicyclic) bond motifs is 4. The summed E-state index contributed by atoms with van der Waals surface area (Å²) in [6.07, 6.45) is 10.4. The quantitative estimate of drug-likeness (QED) is 0.508. The average molecular weight is 417 g/mol. The van der Waals surface area contributed by atoms with Crippen LogP contribution in [0.5, 0.6) is 0 Å². The summed E-state index contributed by atoms with van der Waals surface area (Å²) in [5, 5.41) is 19.9. The lowest BCUT2D eigenvalue weighted by molar-refractivity contribution is -0.137. The highest BCUT2D eigenvalue weighted by atomic mass is 16.4.